The summed E-state index contributed by atoms with van der Waals surface area (Å²) in [5.74, 6) is 1.42. The van der Waals surface area contributed by atoms with Gasteiger partial charge in [-0.1, -0.05) is 44.4 Å². The minimum absolute atomic E-state index is 0.0456. The summed E-state index contributed by atoms with van der Waals surface area (Å²) in [6, 6.07) is 8.21. The maximum Gasteiger partial charge on any atom is 0.241 e. The molecule has 0 aromatic heterocycles. The van der Waals surface area contributed by atoms with Gasteiger partial charge < -0.3 is 10.6 Å². The fraction of sp³-hybridized carbons (Fsp3) is 0.611. The van der Waals surface area contributed by atoms with Crippen LogP contribution >= 0.6 is 0 Å². The quantitative estimate of drug-likeness (QED) is 0.886. The smallest absolute Gasteiger partial charge is 0.241 e. The Morgan fingerprint density at radius 3 is 2.52 bits per heavy atom. The van der Waals surface area contributed by atoms with Crippen molar-refractivity contribution in [3.05, 3.63) is 29.8 Å². The normalized spacial score (nSPS) is 27.1. The molecule has 1 saturated carbocycles. The first kappa shape index (κ1) is 16.0. The van der Waals surface area contributed by atoms with Crippen molar-refractivity contribution in [3.63, 3.8) is 0 Å². The summed E-state index contributed by atoms with van der Waals surface area (Å²) in [5.41, 5.74) is 2.06. The molecule has 0 spiro atoms. The van der Waals surface area contributed by atoms with Crippen LogP contribution in [0.25, 0.3) is 0 Å². The molecule has 0 bridgehead atoms. The summed E-state index contributed by atoms with van der Waals surface area (Å²) >= 11 is 0. The summed E-state index contributed by atoms with van der Waals surface area (Å²) in [4.78, 5) is 12.3. The van der Waals surface area contributed by atoms with Crippen LogP contribution in [0.3, 0.4) is 0 Å². The summed E-state index contributed by atoms with van der Waals surface area (Å²) in [7, 11) is 0. The van der Waals surface area contributed by atoms with Crippen LogP contribution in [0.5, 0.6) is 0 Å². The Kier molecular flexibility index (Phi) is 5.40. The largest absolute Gasteiger partial charge is 0.325 e. The Morgan fingerprint density at radius 1 is 1.19 bits per heavy atom. The number of nitrogens with one attached hydrogen (secondary N) is 2. The number of rotatable bonds is 4. The zero-order valence-corrected chi connectivity index (χ0v) is 13.6. The molecule has 0 saturated heterocycles. The molecule has 1 aromatic carbocycles. The first-order valence-electron chi connectivity index (χ1n) is 8.11. The standard InChI is InChI=1S/C18H28N2O/c1-12-8-10-16(11-9-12)20-18(21)15(4)19-17-7-5-6-13(2)14(17)3/h8-11,13-15,17,19H,5-7H2,1-4H3,(H,20,21). The summed E-state index contributed by atoms with van der Waals surface area (Å²) in [5, 5.41) is 6.50. The number of carbonyl (C=O) groups is 1. The average molecular weight is 288 g/mol. The van der Waals surface area contributed by atoms with Crippen molar-refractivity contribution < 1.29 is 4.79 Å². The molecule has 1 amide bonds. The van der Waals surface area contributed by atoms with Crippen molar-refractivity contribution >= 4 is 11.6 Å². The Balaban J connectivity index is 1.88. The highest BCUT2D eigenvalue weighted by Gasteiger charge is 2.29. The first-order chi connectivity index (χ1) is 9.97. The van der Waals surface area contributed by atoms with Crippen LogP contribution < -0.4 is 10.6 Å². The second-order valence-corrected chi connectivity index (χ2v) is 6.62. The van der Waals surface area contributed by atoms with Gasteiger partial charge in [0, 0.05) is 11.7 Å². The molecule has 0 radical (unpaired) electrons. The van der Waals surface area contributed by atoms with E-state index in [0.717, 1.165) is 11.6 Å². The number of hydrogen-bond donors (Lipinski definition) is 2. The maximum atomic E-state index is 12.3. The van der Waals surface area contributed by atoms with E-state index in [9.17, 15) is 4.79 Å². The Morgan fingerprint density at radius 2 is 1.86 bits per heavy atom. The van der Waals surface area contributed by atoms with E-state index in [4.69, 9.17) is 0 Å². The predicted molar refractivity (Wildman–Crippen MR) is 88.4 cm³/mol. The molecule has 2 N–H and O–H groups in total. The molecule has 1 aliphatic rings. The molecule has 4 unspecified atom stereocenters. The van der Waals surface area contributed by atoms with Crippen LogP contribution in [-0.4, -0.2) is 18.0 Å². The van der Waals surface area contributed by atoms with Crippen molar-refractivity contribution in [2.45, 2.75) is 59.0 Å². The van der Waals surface area contributed by atoms with E-state index >= 15 is 0 Å². The first-order valence-corrected chi connectivity index (χ1v) is 8.11. The molecule has 0 heterocycles. The second-order valence-electron chi connectivity index (χ2n) is 6.62. The lowest BCUT2D eigenvalue weighted by Crippen LogP contribution is -2.49. The van der Waals surface area contributed by atoms with Gasteiger partial charge in [-0.2, -0.15) is 0 Å². The molecule has 0 aliphatic heterocycles. The number of benzene rings is 1. The highest BCUT2D eigenvalue weighted by Crippen LogP contribution is 2.29. The van der Waals surface area contributed by atoms with Gasteiger partial charge in [0.1, 0.15) is 0 Å². The van der Waals surface area contributed by atoms with Gasteiger partial charge in [0.05, 0.1) is 6.04 Å². The highest BCUT2D eigenvalue weighted by molar-refractivity contribution is 5.94. The van der Waals surface area contributed by atoms with Crippen molar-refractivity contribution in [1.29, 1.82) is 0 Å². The molecule has 4 atom stereocenters. The Hall–Kier alpha value is -1.35. The molecule has 21 heavy (non-hydrogen) atoms. The molecule has 1 aliphatic carbocycles. The molecular weight excluding hydrogens is 260 g/mol. The molecule has 3 nitrogen and oxygen atoms in total. The minimum Gasteiger partial charge on any atom is -0.325 e. The molecule has 116 valence electrons. The number of aryl methyl sites for hydroxylation is 1. The highest BCUT2D eigenvalue weighted by atomic mass is 16.2. The molecule has 3 heteroatoms. The average Bonchev–Trinajstić information content (AvgIpc) is 2.46. The van der Waals surface area contributed by atoms with Crippen molar-refractivity contribution in [3.8, 4) is 0 Å². The summed E-state index contributed by atoms with van der Waals surface area (Å²) in [6.07, 6.45) is 3.74. The van der Waals surface area contributed by atoms with E-state index < -0.39 is 0 Å². The SMILES string of the molecule is Cc1ccc(NC(=O)C(C)NC2CCCC(C)C2C)cc1. The van der Waals surface area contributed by atoms with Crippen molar-refractivity contribution in [2.24, 2.45) is 11.8 Å². The van der Waals surface area contributed by atoms with E-state index in [2.05, 4.69) is 24.5 Å². The van der Waals surface area contributed by atoms with Gasteiger partial charge in [-0.25, -0.2) is 0 Å². The third-order valence-electron chi connectivity index (χ3n) is 4.88. The van der Waals surface area contributed by atoms with Crippen LogP contribution in [-0.2, 0) is 4.79 Å². The van der Waals surface area contributed by atoms with Crippen LogP contribution in [0, 0.1) is 18.8 Å². The zero-order valence-electron chi connectivity index (χ0n) is 13.6. The predicted octanol–water partition coefficient (Wildman–Crippen LogP) is 3.74. The van der Waals surface area contributed by atoms with Crippen LogP contribution in [0.2, 0.25) is 0 Å². The number of carbonyl (C=O) groups excluding carboxylic acids is 1. The van der Waals surface area contributed by atoms with E-state index in [1.807, 2.05) is 38.1 Å². The molecule has 2 rings (SSSR count). The van der Waals surface area contributed by atoms with Gasteiger partial charge in [0.25, 0.3) is 0 Å². The van der Waals surface area contributed by atoms with Gasteiger partial charge in [0.15, 0.2) is 0 Å². The molecule has 1 fully saturated rings. The monoisotopic (exact) mass is 288 g/mol. The lowest BCUT2D eigenvalue weighted by atomic mass is 9.78. The molecular formula is C18H28N2O. The van der Waals surface area contributed by atoms with E-state index in [-0.39, 0.29) is 11.9 Å². The van der Waals surface area contributed by atoms with Gasteiger partial charge in [-0.05, 0) is 44.2 Å². The zero-order chi connectivity index (χ0) is 15.4. The van der Waals surface area contributed by atoms with Crippen molar-refractivity contribution in [2.75, 3.05) is 5.32 Å². The van der Waals surface area contributed by atoms with E-state index in [0.29, 0.717) is 12.0 Å². The van der Waals surface area contributed by atoms with Crippen LogP contribution in [0.4, 0.5) is 5.69 Å². The summed E-state index contributed by atoms with van der Waals surface area (Å²) in [6.45, 7) is 8.61. The van der Waals surface area contributed by atoms with E-state index in [1.165, 1.54) is 24.8 Å². The van der Waals surface area contributed by atoms with Crippen LogP contribution in [0.1, 0.15) is 45.6 Å². The maximum absolute atomic E-state index is 12.3. The third kappa shape index (κ3) is 4.31. The third-order valence-corrected chi connectivity index (χ3v) is 4.88. The number of amides is 1. The Labute approximate surface area is 128 Å². The number of hydrogen-bond acceptors (Lipinski definition) is 2. The van der Waals surface area contributed by atoms with Crippen molar-refractivity contribution in [1.82, 2.24) is 5.32 Å². The second kappa shape index (κ2) is 7.08. The van der Waals surface area contributed by atoms with E-state index in [1.54, 1.807) is 0 Å². The fourth-order valence-corrected chi connectivity index (χ4v) is 3.10. The van der Waals surface area contributed by atoms with Gasteiger partial charge in [-0.15, -0.1) is 0 Å². The topological polar surface area (TPSA) is 41.1 Å². The van der Waals surface area contributed by atoms with Gasteiger partial charge >= 0.3 is 0 Å². The molecule has 1 aromatic rings. The van der Waals surface area contributed by atoms with Crippen LogP contribution in [0.15, 0.2) is 24.3 Å². The minimum atomic E-state index is -0.163. The lowest BCUT2D eigenvalue weighted by molar-refractivity contribution is -0.118. The fourth-order valence-electron chi connectivity index (χ4n) is 3.10. The number of anilines is 1. The lowest BCUT2D eigenvalue weighted by Gasteiger charge is -2.36. The van der Waals surface area contributed by atoms with Gasteiger partial charge in [-0.3, -0.25) is 4.79 Å². The van der Waals surface area contributed by atoms with Gasteiger partial charge in [0.2, 0.25) is 5.91 Å². The summed E-state index contributed by atoms with van der Waals surface area (Å²) < 4.78 is 0. The Bertz CT molecular complexity index is 469.